The topological polar surface area (TPSA) is 126 Å². The number of aliphatic hydroxyl groups is 1. The van der Waals surface area contributed by atoms with Crippen molar-refractivity contribution in [1.82, 2.24) is 10.6 Å². The second kappa shape index (κ2) is 14.3. The number of carbonyl (C=O) groups is 2. The Balaban J connectivity index is 2.11. The third-order valence-electron chi connectivity index (χ3n) is 8.62. The van der Waals surface area contributed by atoms with Gasteiger partial charge >= 0.3 is 11.9 Å². The maximum Gasteiger partial charge on any atom is 0.320 e. The van der Waals surface area contributed by atoms with E-state index in [4.69, 9.17) is 14.2 Å². The van der Waals surface area contributed by atoms with Crippen molar-refractivity contribution >= 4 is 11.9 Å². The number of phenolic OH excluding ortho intramolecular Hbond substituents is 1. The molecule has 2 fully saturated rings. The molecule has 3 rings (SSSR count). The molecule has 1 aliphatic heterocycles. The summed E-state index contributed by atoms with van der Waals surface area (Å²) in [4.78, 5) is 25.6. The average molecular weight is 549 g/mol. The van der Waals surface area contributed by atoms with Gasteiger partial charge in [0, 0.05) is 17.8 Å². The maximum atomic E-state index is 13.2. The zero-order valence-electron chi connectivity index (χ0n) is 24.1. The van der Waals surface area contributed by atoms with Crippen molar-refractivity contribution in [3.63, 3.8) is 0 Å². The minimum absolute atomic E-state index is 0.0814. The molecule has 0 bridgehead atoms. The lowest BCUT2D eigenvalue weighted by atomic mass is 9.58. The SMILES string of the molecule is CNCC(=O)OC(C1(Cc2ccc(O)c(OC)c2)CCNCC1)C1(C(CCCC(C)O)OC(C)=O)CCCC1. The highest BCUT2D eigenvalue weighted by Crippen LogP contribution is 2.56. The van der Waals surface area contributed by atoms with Gasteiger partial charge in [0.1, 0.15) is 12.2 Å². The van der Waals surface area contributed by atoms with Gasteiger partial charge in [0.05, 0.1) is 19.8 Å². The van der Waals surface area contributed by atoms with E-state index in [9.17, 15) is 19.8 Å². The van der Waals surface area contributed by atoms with Crippen LogP contribution in [0.25, 0.3) is 0 Å². The summed E-state index contributed by atoms with van der Waals surface area (Å²) in [5.74, 6) is -0.170. The van der Waals surface area contributed by atoms with Crippen LogP contribution in [0.5, 0.6) is 11.5 Å². The second-order valence-electron chi connectivity index (χ2n) is 11.5. The number of benzene rings is 1. The van der Waals surface area contributed by atoms with Crippen molar-refractivity contribution in [3.05, 3.63) is 23.8 Å². The number of hydrogen-bond donors (Lipinski definition) is 4. The van der Waals surface area contributed by atoms with Crippen LogP contribution in [0.3, 0.4) is 0 Å². The van der Waals surface area contributed by atoms with E-state index in [2.05, 4.69) is 10.6 Å². The summed E-state index contributed by atoms with van der Waals surface area (Å²) >= 11 is 0. The summed E-state index contributed by atoms with van der Waals surface area (Å²) in [7, 11) is 3.26. The number of methoxy groups -OCH3 is 1. The van der Waals surface area contributed by atoms with E-state index in [1.807, 2.05) is 12.1 Å². The Morgan fingerprint density at radius 2 is 1.79 bits per heavy atom. The summed E-state index contributed by atoms with van der Waals surface area (Å²) in [6.45, 7) is 4.87. The standard InChI is InChI=1S/C30H48N2O7/c1-21(33)8-7-9-26(38-22(2)34)30(12-5-6-13-30)28(39-27(36)20-31-3)29(14-16-32-17-15-29)19-23-10-11-24(35)25(18-23)37-4/h10-11,18,21,26,28,31-33,35H,5-9,12-17,19-20H2,1-4H3. The first-order valence-electron chi connectivity index (χ1n) is 14.4. The van der Waals surface area contributed by atoms with Crippen LogP contribution < -0.4 is 15.4 Å². The quantitative estimate of drug-likeness (QED) is 0.259. The Labute approximate surface area is 233 Å². The Morgan fingerprint density at radius 1 is 1.10 bits per heavy atom. The molecule has 0 radical (unpaired) electrons. The number of esters is 2. The Kier molecular flexibility index (Phi) is 11.4. The van der Waals surface area contributed by atoms with Crippen LogP contribution in [-0.2, 0) is 25.5 Å². The smallest absolute Gasteiger partial charge is 0.320 e. The molecular weight excluding hydrogens is 500 g/mol. The molecule has 39 heavy (non-hydrogen) atoms. The van der Waals surface area contributed by atoms with Gasteiger partial charge in [-0.1, -0.05) is 18.9 Å². The summed E-state index contributed by atoms with van der Waals surface area (Å²) in [5, 5.41) is 26.5. The summed E-state index contributed by atoms with van der Waals surface area (Å²) < 4.78 is 18.0. The molecule has 1 aromatic rings. The van der Waals surface area contributed by atoms with Crippen LogP contribution in [0, 0.1) is 10.8 Å². The molecule has 2 aliphatic rings. The fraction of sp³-hybridized carbons (Fsp3) is 0.733. The number of phenols is 1. The molecule has 9 nitrogen and oxygen atoms in total. The van der Waals surface area contributed by atoms with Crippen molar-refractivity contribution in [2.75, 3.05) is 33.8 Å². The second-order valence-corrected chi connectivity index (χ2v) is 11.5. The van der Waals surface area contributed by atoms with Crippen LogP contribution in [0.1, 0.15) is 77.2 Å². The van der Waals surface area contributed by atoms with Gasteiger partial charge in [-0.25, -0.2) is 0 Å². The van der Waals surface area contributed by atoms with Crippen LogP contribution >= 0.6 is 0 Å². The Bertz CT molecular complexity index is 939. The first kappa shape index (κ1) is 31.2. The normalized spacial score (nSPS) is 20.5. The lowest BCUT2D eigenvalue weighted by molar-refractivity contribution is -0.195. The maximum absolute atomic E-state index is 13.2. The summed E-state index contributed by atoms with van der Waals surface area (Å²) in [5.41, 5.74) is 0.0444. The van der Waals surface area contributed by atoms with Crippen molar-refractivity contribution in [1.29, 1.82) is 0 Å². The van der Waals surface area contributed by atoms with Crippen molar-refractivity contribution in [3.8, 4) is 11.5 Å². The average Bonchev–Trinajstić information content (AvgIpc) is 3.39. The molecule has 1 heterocycles. The molecule has 0 amide bonds. The molecule has 3 unspecified atom stereocenters. The molecule has 0 spiro atoms. The molecule has 1 aliphatic carbocycles. The van der Waals surface area contributed by atoms with Crippen molar-refractivity contribution < 1.29 is 34.0 Å². The van der Waals surface area contributed by atoms with Crippen molar-refractivity contribution in [2.24, 2.45) is 10.8 Å². The number of aliphatic hydroxyl groups excluding tert-OH is 1. The van der Waals surface area contributed by atoms with E-state index < -0.39 is 29.1 Å². The van der Waals surface area contributed by atoms with Gasteiger partial charge in [-0.2, -0.15) is 0 Å². The first-order chi connectivity index (χ1) is 18.7. The number of rotatable bonds is 14. The molecule has 1 saturated heterocycles. The molecule has 1 aromatic carbocycles. The fourth-order valence-corrected chi connectivity index (χ4v) is 6.91. The number of likely N-dealkylation sites (N-methyl/N-ethyl adjacent to an activating group) is 1. The van der Waals surface area contributed by atoms with Crippen LogP contribution in [0.4, 0.5) is 0 Å². The summed E-state index contributed by atoms with van der Waals surface area (Å²) in [6, 6.07) is 5.41. The fourth-order valence-electron chi connectivity index (χ4n) is 6.91. The zero-order chi connectivity index (χ0) is 28.5. The van der Waals surface area contributed by atoms with Gasteiger partial charge in [-0.3, -0.25) is 9.59 Å². The predicted octanol–water partition coefficient (Wildman–Crippen LogP) is 3.49. The summed E-state index contributed by atoms with van der Waals surface area (Å²) in [6.07, 6.45) is 6.31. The lowest BCUT2D eigenvalue weighted by Gasteiger charge is -2.53. The number of carbonyl (C=O) groups excluding carboxylic acids is 2. The molecule has 1 saturated carbocycles. The van der Waals surface area contributed by atoms with Crippen molar-refractivity contribution in [2.45, 2.75) is 96.4 Å². The predicted molar refractivity (Wildman–Crippen MR) is 149 cm³/mol. The molecule has 4 N–H and O–H groups in total. The van der Waals surface area contributed by atoms with Gasteiger partial charge in [0.2, 0.25) is 0 Å². The largest absolute Gasteiger partial charge is 0.504 e. The van der Waals surface area contributed by atoms with Crippen LogP contribution in [0.15, 0.2) is 18.2 Å². The van der Waals surface area contributed by atoms with E-state index >= 15 is 0 Å². The molecule has 3 atom stereocenters. The zero-order valence-corrected chi connectivity index (χ0v) is 24.1. The molecule has 9 heteroatoms. The third kappa shape index (κ3) is 7.86. The van der Waals surface area contributed by atoms with E-state index in [1.54, 1.807) is 20.0 Å². The Hall–Kier alpha value is -2.36. The first-order valence-corrected chi connectivity index (χ1v) is 14.4. The minimum Gasteiger partial charge on any atom is -0.504 e. The Morgan fingerprint density at radius 3 is 2.38 bits per heavy atom. The highest BCUT2D eigenvalue weighted by Gasteiger charge is 2.58. The van der Waals surface area contributed by atoms with Gasteiger partial charge in [0.15, 0.2) is 11.5 Å². The van der Waals surface area contributed by atoms with Gasteiger partial charge in [-0.15, -0.1) is 0 Å². The number of hydrogen-bond acceptors (Lipinski definition) is 9. The lowest BCUT2D eigenvalue weighted by Crippen LogP contribution is -2.59. The highest BCUT2D eigenvalue weighted by molar-refractivity contribution is 5.72. The molecule has 220 valence electrons. The monoisotopic (exact) mass is 548 g/mol. The number of nitrogens with one attached hydrogen (secondary N) is 2. The molecule has 0 aromatic heterocycles. The van der Waals surface area contributed by atoms with E-state index in [0.717, 1.165) is 57.2 Å². The third-order valence-corrected chi connectivity index (χ3v) is 8.62. The number of ether oxygens (including phenoxy) is 3. The van der Waals surface area contributed by atoms with E-state index in [0.29, 0.717) is 31.4 Å². The van der Waals surface area contributed by atoms with E-state index in [1.165, 1.54) is 14.0 Å². The van der Waals surface area contributed by atoms with E-state index in [-0.39, 0.29) is 24.2 Å². The van der Waals surface area contributed by atoms with Gasteiger partial charge < -0.3 is 35.1 Å². The minimum atomic E-state index is -0.536. The van der Waals surface area contributed by atoms with Gasteiger partial charge in [0.25, 0.3) is 0 Å². The van der Waals surface area contributed by atoms with Gasteiger partial charge in [-0.05, 0) is 96.1 Å². The highest BCUT2D eigenvalue weighted by atomic mass is 16.6. The van der Waals surface area contributed by atoms with Crippen LogP contribution in [0.2, 0.25) is 0 Å². The number of piperidine rings is 1. The van der Waals surface area contributed by atoms with Crippen LogP contribution in [-0.4, -0.2) is 74.3 Å². The molecular formula is C30H48N2O7. The number of aromatic hydroxyl groups is 1.